The zero-order valence-corrected chi connectivity index (χ0v) is 12.5. The van der Waals surface area contributed by atoms with Gasteiger partial charge in [-0.15, -0.1) is 0 Å². The highest BCUT2D eigenvalue weighted by atomic mass is 16.7. The number of piperidine rings is 1. The van der Waals surface area contributed by atoms with Gasteiger partial charge >= 0.3 is 0 Å². The van der Waals surface area contributed by atoms with E-state index in [2.05, 4.69) is 15.4 Å². The topological polar surface area (TPSA) is 74.2 Å². The van der Waals surface area contributed by atoms with Crippen molar-refractivity contribution >= 4 is 17.3 Å². The molecule has 2 aliphatic heterocycles. The molecule has 0 radical (unpaired) electrons. The highest BCUT2D eigenvalue weighted by molar-refractivity contribution is 6.43. The summed E-state index contributed by atoms with van der Waals surface area (Å²) in [6, 6.07) is 9.33. The molecule has 0 aliphatic carbocycles. The fraction of sp³-hybridized carbons (Fsp3) is 0.500. The molecule has 2 N–H and O–H groups in total. The number of nitrogens with one attached hydrogen (secondary N) is 1. The molecular formula is C16H21N3O3. The minimum absolute atomic E-state index is 0.137. The summed E-state index contributed by atoms with van der Waals surface area (Å²) in [5.74, 6) is -0.206. The van der Waals surface area contributed by atoms with E-state index in [9.17, 15) is 4.79 Å². The quantitative estimate of drug-likeness (QED) is 0.877. The molecule has 1 aromatic rings. The van der Waals surface area contributed by atoms with Gasteiger partial charge < -0.3 is 15.3 Å². The number of hydrogen-bond acceptors (Lipinski definition) is 5. The van der Waals surface area contributed by atoms with Crippen molar-refractivity contribution in [2.45, 2.75) is 24.9 Å². The molecule has 3 rings (SSSR count). The number of nitrogens with zero attached hydrogens (tertiary/aromatic N) is 2. The van der Waals surface area contributed by atoms with Crippen molar-refractivity contribution in [1.29, 1.82) is 0 Å². The largest absolute Gasteiger partial charge is 0.395 e. The van der Waals surface area contributed by atoms with E-state index in [1.165, 1.54) is 0 Å². The molecule has 0 aromatic heterocycles. The summed E-state index contributed by atoms with van der Waals surface area (Å²) >= 11 is 0. The molecule has 1 aromatic carbocycles. The molecule has 0 bridgehead atoms. The van der Waals surface area contributed by atoms with E-state index in [1.54, 1.807) is 0 Å². The lowest BCUT2D eigenvalue weighted by atomic mass is 9.88. The Bertz CT molecular complexity index is 559. The second-order valence-electron chi connectivity index (χ2n) is 5.91. The molecule has 1 unspecified atom stereocenters. The molecule has 22 heavy (non-hydrogen) atoms. The summed E-state index contributed by atoms with van der Waals surface area (Å²) < 4.78 is 0. The maximum atomic E-state index is 12.3. The van der Waals surface area contributed by atoms with E-state index < -0.39 is 5.60 Å². The van der Waals surface area contributed by atoms with Gasteiger partial charge in [0.25, 0.3) is 5.91 Å². The summed E-state index contributed by atoms with van der Waals surface area (Å²) in [7, 11) is 0. The third-order valence-electron chi connectivity index (χ3n) is 4.17. The van der Waals surface area contributed by atoms with Crippen LogP contribution in [0.4, 0.5) is 5.69 Å². The van der Waals surface area contributed by atoms with Crippen LogP contribution in [0.15, 0.2) is 35.5 Å². The minimum atomic E-state index is -0.406. The lowest BCUT2D eigenvalue weighted by molar-refractivity contribution is -0.110. The number of para-hydroxylation sites is 1. The summed E-state index contributed by atoms with van der Waals surface area (Å²) in [5, 5.41) is 15.9. The van der Waals surface area contributed by atoms with Crippen LogP contribution < -0.4 is 5.32 Å². The van der Waals surface area contributed by atoms with Crippen LogP contribution in [-0.4, -0.2) is 53.5 Å². The lowest BCUT2D eigenvalue weighted by Gasteiger charge is -2.37. The van der Waals surface area contributed by atoms with Crippen molar-refractivity contribution in [3.05, 3.63) is 30.3 Å². The van der Waals surface area contributed by atoms with Gasteiger partial charge in [0.05, 0.1) is 6.61 Å². The summed E-state index contributed by atoms with van der Waals surface area (Å²) in [5.41, 5.74) is 0.785. The standard InChI is InChI=1S/C16H21N3O3/c20-10-9-19-8-4-7-16(12-19)11-14(18-22-16)15(21)17-13-5-2-1-3-6-13/h1-3,5-6,20H,4,7-12H2,(H,17,21). The van der Waals surface area contributed by atoms with E-state index in [0.29, 0.717) is 25.2 Å². The van der Waals surface area contributed by atoms with Gasteiger partial charge in [-0.3, -0.25) is 9.69 Å². The molecule has 118 valence electrons. The molecule has 0 saturated carbocycles. The molecule has 1 atom stereocenters. The van der Waals surface area contributed by atoms with Crippen LogP contribution in [0.5, 0.6) is 0 Å². The highest BCUT2D eigenvalue weighted by Gasteiger charge is 2.44. The molecule has 1 amide bonds. The smallest absolute Gasteiger partial charge is 0.273 e. The predicted octanol–water partition coefficient (Wildman–Crippen LogP) is 1.23. The van der Waals surface area contributed by atoms with E-state index >= 15 is 0 Å². The fourth-order valence-corrected chi connectivity index (χ4v) is 3.11. The first-order valence-corrected chi connectivity index (χ1v) is 7.65. The van der Waals surface area contributed by atoms with Crippen LogP contribution >= 0.6 is 0 Å². The molecule has 1 saturated heterocycles. The Morgan fingerprint density at radius 1 is 1.41 bits per heavy atom. The lowest BCUT2D eigenvalue weighted by Crippen LogP contribution is -2.49. The number of likely N-dealkylation sites (tertiary alicyclic amines) is 1. The van der Waals surface area contributed by atoms with Crippen molar-refractivity contribution in [1.82, 2.24) is 4.90 Å². The van der Waals surface area contributed by atoms with Gasteiger partial charge in [-0.1, -0.05) is 23.4 Å². The summed E-state index contributed by atoms with van der Waals surface area (Å²) in [6.45, 7) is 2.44. The molecule has 2 heterocycles. The number of carbonyl (C=O) groups excluding carboxylic acids is 1. The molecule has 6 nitrogen and oxygen atoms in total. The second kappa shape index (κ2) is 6.46. The Hall–Kier alpha value is -1.92. The van der Waals surface area contributed by atoms with Gasteiger partial charge in [-0.05, 0) is 31.5 Å². The SMILES string of the molecule is O=C(Nc1ccccc1)C1=NOC2(CCCN(CCO)C2)C1. The second-order valence-corrected chi connectivity index (χ2v) is 5.91. The average Bonchev–Trinajstić information content (AvgIpc) is 2.92. The van der Waals surface area contributed by atoms with Crippen molar-refractivity contribution in [2.75, 3.05) is 31.6 Å². The number of benzene rings is 1. The zero-order valence-electron chi connectivity index (χ0n) is 12.5. The Kier molecular flexibility index (Phi) is 4.40. The van der Waals surface area contributed by atoms with Gasteiger partial charge in [0, 0.05) is 25.2 Å². The summed E-state index contributed by atoms with van der Waals surface area (Å²) in [4.78, 5) is 20.1. The first-order valence-electron chi connectivity index (χ1n) is 7.65. The van der Waals surface area contributed by atoms with Crippen LogP contribution in [0.25, 0.3) is 0 Å². The Labute approximate surface area is 129 Å². The molecule has 6 heteroatoms. The molecular weight excluding hydrogens is 282 g/mol. The zero-order chi connectivity index (χ0) is 15.4. The van der Waals surface area contributed by atoms with Crippen LogP contribution in [0.3, 0.4) is 0 Å². The van der Waals surface area contributed by atoms with Crippen LogP contribution in [0.2, 0.25) is 0 Å². The van der Waals surface area contributed by atoms with Gasteiger partial charge in [-0.25, -0.2) is 0 Å². The van der Waals surface area contributed by atoms with E-state index in [4.69, 9.17) is 9.94 Å². The minimum Gasteiger partial charge on any atom is -0.395 e. The number of carbonyl (C=O) groups is 1. The number of aliphatic hydroxyl groups excluding tert-OH is 1. The number of rotatable bonds is 4. The number of aliphatic hydroxyl groups is 1. The summed E-state index contributed by atoms with van der Waals surface area (Å²) in [6.07, 6.45) is 2.40. The van der Waals surface area contributed by atoms with Crippen LogP contribution in [0.1, 0.15) is 19.3 Å². The number of β-amino-alcohol motifs (C(OH)–C–C–N with tert-alkyl or cyclic N) is 1. The van der Waals surface area contributed by atoms with Gasteiger partial charge in [-0.2, -0.15) is 0 Å². The Morgan fingerprint density at radius 3 is 3.00 bits per heavy atom. The average molecular weight is 303 g/mol. The number of amides is 1. The van der Waals surface area contributed by atoms with E-state index in [0.717, 1.165) is 25.1 Å². The first-order chi connectivity index (χ1) is 10.7. The number of oxime groups is 1. The third kappa shape index (κ3) is 3.28. The first kappa shape index (κ1) is 15.0. The number of anilines is 1. The van der Waals surface area contributed by atoms with Crippen molar-refractivity contribution in [3.8, 4) is 0 Å². The molecule has 1 fully saturated rings. The van der Waals surface area contributed by atoms with Gasteiger partial charge in [0.15, 0.2) is 5.60 Å². The van der Waals surface area contributed by atoms with Crippen molar-refractivity contribution in [2.24, 2.45) is 5.16 Å². The maximum absolute atomic E-state index is 12.3. The normalized spacial score (nSPS) is 24.9. The maximum Gasteiger partial charge on any atom is 0.273 e. The molecule has 2 aliphatic rings. The van der Waals surface area contributed by atoms with E-state index in [-0.39, 0.29) is 12.5 Å². The predicted molar refractivity (Wildman–Crippen MR) is 83.7 cm³/mol. The van der Waals surface area contributed by atoms with Crippen LogP contribution in [0, 0.1) is 0 Å². The Morgan fingerprint density at radius 2 is 2.23 bits per heavy atom. The molecule has 1 spiro atoms. The van der Waals surface area contributed by atoms with Crippen LogP contribution in [-0.2, 0) is 9.63 Å². The Balaban J connectivity index is 1.60. The van der Waals surface area contributed by atoms with Gasteiger partial charge in [0.2, 0.25) is 0 Å². The highest BCUT2D eigenvalue weighted by Crippen LogP contribution is 2.33. The van der Waals surface area contributed by atoms with E-state index in [1.807, 2.05) is 30.3 Å². The van der Waals surface area contributed by atoms with Crippen molar-refractivity contribution < 1.29 is 14.7 Å². The monoisotopic (exact) mass is 303 g/mol. The van der Waals surface area contributed by atoms with Gasteiger partial charge in [0.1, 0.15) is 5.71 Å². The number of hydrogen-bond donors (Lipinski definition) is 2. The third-order valence-corrected chi connectivity index (χ3v) is 4.17. The van der Waals surface area contributed by atoms with Crippen molar-refractivity contribution in [3.63, 3.8) is 0 Å². The fourth-order valence-electron chi connectivity index (χ4n) is 3.11.